The van der Waals surface area contributed by atoms with Gasteiger partial charge in [-0.3, -0.25) is 0 Å². The monoisotopic (exact) mass is 236 g/mol. The van der Waals surface area contributed by atoms with Crippen LogP contribution < -0.4 is 15.6 Å². The molecule has 0 saturated carbocycles. The summed E-state index contributed by atoms with van der Waals surface area (Å²) >= 11 is 1.37. The molecule has 4 nitrogen and oxygen atoms in total. The van der Waals surface area contributed by atoms with Gasteiger partial charge >= 0.3 is 5.97 Å². The van der Waals surface area contributed by atoms with Gasteiger partial charge in [0.1, 0.15) is 0 Å². The topological polar surface area (TPSA) is 76.2 Å². The summed E-state index contributed by atoms with van der Waals surface area (Å²) in [6.07, 6.45) is 5.03. The summed E-state index contributed by atoms with van der Waals surface area (Å²) in [5.74, 6) is -0.952. The van der Waals surface area contributed by atoms with E-state index >= 15 is 0 Å². The molecule has 0 radical (unpaired) electrons. The molecule has 84 valence electrons. The molecule has 0 saturated heterocycles. The number of hydrogen-bond acceptors (Lipinski definition) is 4. The molecule has 16 heavy (non-hydrogen) atoms. The Bertz CT molecular complexity index is 596. The maximum atomic E-state index is 11.1. The van der Waals surface area contributed by atoms with Gasteiger partial charge in [-0.05, 0) is 26.0 Å². The van der Waals surface area contributed by atoms with Crippen LogP contribution in [0.1, 0.15) is 11.9 Å². The van der Waals surface area contributed by atoms with Gasteiger partial charge < -0.3 is 10.8 Å². The SMILES string of the molecule is Cc1nc2c(s1)=C(C(=O)O)C=CC(C)(N)C=2. The second kappa shape index (κ2) is 3.54. The lowest BCUT2D eigenvalue weighted by Gasteiger charge is -2.12. The number of aryl methyl sites for hydroxylation is 1. The summed E-state index contributed by atoms with van der Waals surface area (Å²) in [6, 6.07) is 0. The Labute approximate surface area is 96.4 Å². The Morgan fingerprint density at radius 2 is 2.31 bits per heavy atom. The van der Waals surface area contributed by atoms with Crippen LogP contribution in [-0.2, 0) is 4.79 Å². The smallest absolute Gasteiger partial charge is 0.337 e. The largest absolute Gasteiger partial charge is 0.478 e. The minimum Gasteiger partial charge on any atom is -0.478 e. The highest BCUT2D eigenvalue weighted by Gasteiger charge is 2.18. The Morgan fingerprint density at radius 1 is 1.62 bits per heavy atom. The van der Waals surface area contributed by atoms with Crippen LogP contribution in [0.2, 0.25) is 0 Å². The van der Waals surface area contributed by atoms with Gasteiger partial charge in [0.05, 0.1) is 26.0 Å². The van der Waals surface area contributed by atoms with Crippen molar-refractivity contribution in [2.24, 2.45) is 5.73 Å². The van der Waals surface area contributed by atoms with Crippen molar-refractivity contribution < 1.29 is 9.90 Å². The van der Waals surface area contributed by atoms with Crippen LogP contribution in [0, 0.1) is 6.92 Å². The van der Waals surface area contributed by atoms with Gasteiger partial charge in [0.25, 0.3) is 0 Å². The van der Waals surface area contributed by atoms with Gasteiger partial charge in [0.15, 0.2) is 0 Å². The number of aromatic nitrogens is 1. The summed E-state index contributed by atoms with van der Waals surface area (Å²) in [4.78, 5) is 15.4. The summed E-state index contributed by atoms with van der Waals surface area (Å²) in [5.41, 5.74) is 5.58. The van der Waals surface area contributed by atoms with E-state index < -0.39 is 11.5 Å². The average Bonchev–Trinajstić information content (AvgIpc) is 2.39. The lowest BCUT2D eigenvalue weighted by atomic mass is 10.0. The minimum absolute atomic E-state index is 0.256. The summed E-state index contributed by atoms with van der Waals surface area (Å²) in [7, 11) is 0. The molecule has 5 heteroatoms. The molecule has 0 amide bonds. The number of nitrogens with two attached hydrogens (primary N) is 1. The number of fused-ring (bicyclic) bond motifs is 1. The first-order valence-corrected chi connectivity index (χ1v) is 5.63. The van der Waals surface area contributed by atoms with E-state index in [9.17, 15) is 4.79 Å². The van der Waals surface area contributed by atoms with Crippen molar-refractivity contribution in [1.82, 2.24) is 4.98 Å². The third-order valence-electron chi connectivity index (χ3n) is 2.29. The van der Waals surface area contributed by atoms with Crippen molar-refractivity contribution in [3.8, 4) is 0 Å². The molecule has 0 fully saturated rings. The molecule has 1 heterocycles. The lowest BCUT2D eigenvalue weighted by molar-refractivity contribution is -0.130. The number of nitrogens with zero attached hydrogens (tertiary/aromatic N) is 1. The van der Waals surface area contributed by atoms with Crippen LogP contribution >= 0.6 is 11.3 Å². The maximum Gasteiger partial charge on any atom is 0.337 e. The predicted octanol–water partition coefficient (Wildman–Crippen LogP) is -0.245. The average molecular weight is 236 g/mol. The van der Waals surface area contributed by atoms with Crippen LogP contribution in [-0.4, -0.2) is 21.6 Å². The van der Waals surface area contributed by atoms with Gasteiger partial charge in [-0.2, -0.15) is 0 Å². The van der Waals surface area contributed by atoms with Gasteiger partial charge in [-0.1, -0.05) is 6.08 Å². The highest BCUT2D eigenvalue weighted by Crippen LogP contribution is 2.10. The fraction of sp³-hybridized carbons (Fsp3) is 0.273. The molecular weight excluding hydrogens is 224 g/mol. The number of hydrogen-bond donors (Lipinski definition) is 2. The number of rotatable bonds is 1. The molecule has 2 rings (SSSR count). The highest BCUT2D eigenvalue weighted by atomic mass is 32.1. The van der Waals surface area contributed by atoms with E-state index in [0.717, 1.165) is 5.01 Å². The van der Waals surface area contributed by atoms with Crippen molar-refractivity contribution in [2.45, 2.75) is 19.4 Å². The summed E-state index contributed by atoms with van der Waals surface area (Å²) in [6.45, 7) is 3.66. The molecule has 1 aromatic rings. The lowest BCUT2D eigenvalue weighted by Crippen LogP contribution is -2.35. The Balaban J connectivity index is 2.88. The van der Waals surface area contributed by atoms with Crippen LogP contribution in [0.3, 0.4) is 0 Å². The fourth-order valence-electron chi connectivity index (χ4n) is 1.58. The van der Waals surface area contributed by atoms with E-state index in [-0.39, 0.29) is 5.57 Å². The normalized spacial score (nSPS) is 23.6. The summed E-state index contributed by atoms with van der Waals surface area (Å²) < 4.78 is 0.676. The molecular formula is C11H12N2O2S. The highest BCUT2D eigenvalue weighted by molar-refractivity contribution is 7.09. The van der Waals surface area contributed by atoms with Gasteiger partial charge in [-0.25, -0.2) is 9.78 Å². The van der Waals surface area contributed by atoms with Crippen molar-refractivity contribution >= 4 is 29.0 Å². The molecule has 1 aliphatic rings. The van der Waals surface area contributed by atoms with Gasteiger partial charge in [-0.15, -0.1) is 11.3 Å². The molecule has 3 N–H and O–H groups in total. The first-order chi connectivity index (χ1) is 7.39. The van der Waals surface area contributed by atoms with E-state index in [1.165, 1.54) is 11.3 Å². The van der Waals surface area contributed by atoms with Crippen LogP contribution in [0.4, 0.5) is 0 Å². The second-order valence-corrected chi connectivity index (χ2v) is 5.21. The van der Waals surface area contributed by atoms with Crippen LogP contribution in [0.15, 0.2) is 12.2 Å². The molecule has 0 aromatic carbocycles. The first kappa shape index (κ1) is 11.0. The molecule has 1 atom stereocenters. The van der Waals surface area contributed by atoms with E-state index in [0.29, 0.717) is 9.88 Å². The Kier molecular flexibility index (Phi) is 2.44. The first-order valence-electron chi connectivity index (χ1n) is 4.81. The van der Waals surface area contributed by atoms with Crippen molar-refractivity contribution in [1.29, 1.82) is 0 Å². The zero-order chi connectivity index (χ0) is 11.9. The van der Waals surface area contributed by atoms with E-state index in [4.69, 9.17) is 10.8 Å². The van der Waals surface area contributed by atoms with Crippen molar-refractivity contribution in [3.05, 3.63) is 27.0 Å². The van der Waals surface area contributed by atoms with E-state index in [2.05, 4.69) is 4.98 Å². The number of carboxylic acid groups (broad SMARTS) is 1. The third kappa shape index (κ3) is 1.91. The number of thiazole rings is 1. The van der Waals surface area contributed by atoms with Gasteiger partial charge in [0.2, 0.25) is 0 Å². The quantitative estimate of drug-likeness (QED) is 0.705. The fourth-order valence-corrected chi connectivity index (χ4v) is 2.50. The number of carbonyl (C=O) groups is 1. The van der Waals surface area contributed by atoms with Crippen LogP contribution in [0.5, 0.6) is 0 Å². The zero-order valence-corrected chi connectivity index (χ0v) is 9.84. The molecule has 1 aliphatic carbocycles. The zero-order valence-electron chi connectivity index (χ0n) is 9.02. The number of carboxylic acids is 1. The maximum absolute atomic E-state index is 11.1. The Hall–Kier alpha value is -1.46. The Morgan fingerprint density at radius 3 is 2.94 bits per heavy atom. The second-order valence-electron chi connectivity index (χ2n) is 4.01. The number of aliphatic carboxylic acids is 1. The standard InChI is InChI=1S/C11H12N2O2S/c1-6-13-8-5-11(2,12)4-3-7(10(14)15)9(8)16-6/h3-5H,12H2,1-2H3,(H,14,15). The molecule has 0 spiro atoms. The third-order valence-corrected chi connectivity index (χ3v) is 3.31. The summed E-state index contributed by atoms with van der Waals surface area (Å²) in [5, 5.41) is 10.6. The molecule has 0 bridgehead atoms. The molecule has 0 aliphatic heterocycles. The molecule has 1 aromatic heterocycles. The van der Waals surface area contributed by atoms with Crippen LogP contribution in [0.25, 0.3) is 11.6 Å². The van der Waals surface area contributed by atoms with Gasteiger partial charge in [0, 0.05) is 0 Å². The molecule has 1 unspecified atom stereocenters. The van der Waals surface area contributed by atoms with Crippen molar-refractivity contribution in [2.75, 3.05) is 0 Å². The van der Waals surface area contributed by atoms with E-state index in [1.54, 1.807) is 18.2 Å². The van der Waals surface area contributed by atoms with Crippen molar-refractivity contribution in [3.63, 3.8) is 0 Å². The predicted molar refractivity (Wildman–Crippen MR) is 63.3 cm³/mol. The minimum atomic E-state index is -0.952. The van der Waals surface area contributed by atoms with E-state index in [1.807, 2.05) is 13.8 Å².